The summed E-state index contributed by atoms with van der Waals surface area (Å²) < 4.78 is 0. The predicted molar refractivity (Wildman–Crippen MR) is 83.5 cm³/mol. The van der Waals surface area contributed by atoms with Gasteiger partial charge in [-0.2, -0.15) is 40.8 Å². The van der Waals surface area contributed by atoms with Gasteiger partial charge in [-0.1, -0.05) is 41.5 Å². The molecular weight excluding hydrogens is 260 g/mol. The maximum absolute atomic E-state index is 6.94. The Kier molecular flexibility index (Phi) is 52.8. The van der Waals surface area contributed by atoms with E-state index in [1.165, 1.54) is 0 Å². The molecule has 0 unspecified atom stereocenters. The molecule has 18 heavy (non-hydrogen) atoms. The van der Waals surface area contributed by atoms with E-state index in [2.05, 4.69) is 16.0 Å². The van der Waals surface area contributed by atoms with Crippen molar-refractivity contribution in [1.82, 2.24) is 0 Å². The van der Waals surface area contributed by atoms with Crippen molar-refractivity contribution in [2.75, 3.05) is 40.8 Å². The van der Waals surface area contributed by atoms with Crippen LogP contribution in [0.2, 0.25) is 0 Å². The summed E-state index contributed by atoms with van der Waals surface area (Å²) in [5.41, 5.74) is 6.69. The van der Waals surface area contributed by atoms with Crippen LogP contribution in [0.4, 0.5) is 0 Å². The number of hydrogen-bond acceptors (Lipinski definition) is 0. The average Bonchev–Trinajstić information content (AvgIpc) is 2.27. The zero-order valence-electron chi connectivity index (χ0n) is 14.0. The quantitative estimate of drug-likeness (QED) is 0.667. The smallest absolute Gasteiger partial charge is 0.673 e. The van der Waals surface area contributed by atoms with Gasteiger partial charge in [-0.05, 0) is 0 Å². The first kappa shape index (κ1) is 31.1. The van der Waals surface area contributed by atoms with Crippen LogP contribution in [0.3, 0.4) is 0 Å². The minimum atomic E-state index is -0.250. The second-order valence-corrected chi connectivity index (χ2v) is 4.15. The molecular formula is C13H34N4Ti. The van der Waals surface area contributed by atoms with Gasteiger partial charge in [-0.25, -0.2) is 0 Å². The molecule has 0 aromatic rings. The van der Waals surface area contributed by atoms with Gasteiger partial charge in [0.1, 0.15) is 0 Å². The molecule has 0 rings (SSSR count). The van der Waals surface area contributed by atoms with Crippen molar-refractivity contribution in [1.29, 1.82) is 0 Å². The van der Waals surface area contributed by atoms with Crippen LogP contribution in [-0.2, 0) is 21.7 Å². The first-order valence-electron chi connectivity index (χ1n) is 6.16. The van der Waals surface area contributed by atoms with Gasteiger partial charge >= 0.3 is 21.7 Å². The zero-order valence-corrected chi connectivity index (χ0v) is 15.5. The topological polar surface area (TPSA) is 66.1 Å². The predicted octanol–water partition coefficient (Wildman–Crippen LogP) is 4.86. The van der Waals surface area contributed by atoms with E-state index in [1.54, 1.807) is 21.1 Å². The molecule has 0 heterocycles. The van der Waals surface area contributed by atoms with Crippen LogP contribution in [0, 0.1) is 0 Å². The molecule has 0 amide bonds. The molecule has 0 fully saturated rings. The van der Waals surface area contributed by atoms with Crippen LogP contribution in [0.15, 0.2) is 0 Å². The molecule has 0 aliphatic heterocycles. The standard InChI is InChI=1S/C4H10N.3C3H8N.Ti/c1-4(2,3)5;3*1-3-4-2;/h5H,1-3H3;3*3H2,1-2H3;/q4*-1;+4. The van der Waals surface area contributed by atoms with E-state index < -0.39 is 0 Å². The van der Waals surface area contributed by atoms with Crippen molar-refractivity contribution in [3.05, 3.63) is 21.7 Å². The van der Waals surface area contributed by atoms with Gasteiger partial charge in [0.2, 0.25) is 0 Å². The normalized spacial score (nSPS) is 8.33. The van der Waals surface area contributed by atoms with Crippen LogP contribution >= 0.6 is 0 Å². The summed E-state index contributed by atoms with van der Waals surface area (Å²) in [6, 6.07) is 0. The molecule has 110 valence electrons. The van der Waals surface area contributed by atoms with Crippen LogP contribution in [0.5, 0.6) is 0 Å². The van der Waals surface area contributed by atoms with Gasteiger partial charge in [0.05, 0.1) is 0 Å². The molecule has 0 spiro atoms. The Bertz CT molecular complexity index is 74.0. The largest absolute Gasteiger partial charge is 4.00 e. The van der Waals surface area contributed by atoms with Gasteiger partial charge in [0.15, 0.2) is 0 Å². The van der Waals surface area contributed by atoms with Crippen LogP contribution < -0.4 is 0 Å². The first-order valence-corrected chi connectivity index (χ1v) is 6.16. The van der Waals surface area contributed by atoms with E-state index in [0.29, 0.717) is 0 Å². The Morgan fingerprint density at radius 1 is 0.722 bits per heavy atom. The van der Waals surface area contributed by atoms with Crippen molar-refractivity contribution in [2.45, 2.75) is 47.1 Å². The monoisotopic (exact) mass is 294 g/mol. The van der Waals surface area contributed by atoms with Crippen molar-refractivity contribution >= 4 is 0 Å². The fourth-order valence-corrected chi connectivity index (χ4v) is 0. The summed E-state index contributed by atoms with van der Waals surface area (Å²) in [5, 5.41) is 11.2. The van der Waals surface area contributed by atoms with Gasteiger partial charge < -0.3 is 21.7 Å². The first-order chi connectivity index (χ1) is 7.74. The van der Waals surface area contributed by atoms with Gasteiger partial charge in [-0.15, -0.1) is 5.54 Å². The number of hydrogen-bond donors (Lipinski definition) is 0. The average molecular weight is 294 g/mol. The molecule has 0 bridgehead atoms. The molecule has 0 radical (unpaired) electrons. The fraction of sp³-hybridized carbons (Fsp3) is 1.00. The van der Waals surface area contributed by atoms with E-state index >= 15 is 0 Å². The SMILES string of the molecule is CC(C)(C)[NH-].CC[N-]C.CC[N-]C.CC[N-]C.[Ti+4]. The van der Waals surface area contributed by atoms with Gasteiger partial charge in [0, 0.05) is 0 Å². The van der Waals surface area contributed by atoms with Crippen LogP contribution in [0.1, 0.15) is 41.5 Å². The van der Waals surface area contributed by atoms with Crippen molar-refractivity contribution in [2.24, 2.45) is 0 Å². The molecule has 4 nitrogen and oxygen atoms in total. The molecule has 0 atom stereocenters. The third-order valence-corrected chi connectivity index (χ3v) is 0.949. The van der Waals surface area contributed by atoms with Crippen molar-refractivity contribution < 1.29 is 21.7 Å². The molecule has 0 saturated carbocycles. The minimum absolute atomic E-state index is 0. The van der Waals surface area contributed by atoms with Crippen molar-refractivity contribution in [3.8, 4) is 0 Å². The number of rotatable bonds is 3. The number of nitrogens with one attached hydrogen (secondary N) is 1. The second-order valence-electron chi connectivity index (χ2n) is 4.15. The van der Waals surface area contributed by atoms with E-state index in [-0.39, 0.29) is 27.3 Å². The molecule has 0 aliphatic carbocycles. The zero-order chi connectivity index (χ0) is 14.7. The van der Waals surface area contributed by atoms with E-state index in [9.17, 15) is 0 Å². The van der Waals surface area contributed by atoms with Crippen LogP contribution in [0.25, 0.3) is 21.7 Å². The Hall–Kier alpha value is 0.554. The molecule has 0 aromatic carbocycles. The number of nitrogens with zero attached hydrogens (tertiary/aromatic N) is 3. The van der Waals surface area contributed by atoms with Gasteiger partial charge in [-0.3, -0.25) is 0 Å². The van der Waals surface area contributed by atoms with E-state index in [0.717, 1.165) is 19.6 Å². The summed E-state index contributed by atoms with van der Waals surface area (Å²) in [6.45, 7) is 14.4. The van der Waals surface area contributed by atoms with E-state index in [1.807, 2.05) is 41.5 Å². The third-order valence-electron chi connectivity index (χ3n) is 0.949. The van der Waals surface area contributed by atoms with Crippen LogP contribution in [-0.4, -0.2) is 46.3 Å². The summed E-state index contributed by atoms with van der Waals surface area (Å²) in [4.78, 5) is 0. The Morgan fingerprint density at radius 2 is 0.778 bits per heavy atom. The molecule has 0 aromatic heterocycles. The van der Waals surface area contributed by atoms with E-state index in [4.69, 9.17) is 5.73 Å². The summed E-state index contributed by atoms with van der Waals surface area (Å²) in [5.74, 6) is 0. The van der Waals surface area contributed by atoms with Crippen molar-refractivity contribution in [3.63, 3.8) is 0 Å². The minimum Gasteiger partial charge on any atom is -0.673 e. The molecule has 0 saturated heterocycles. The van der Waals surface area contributed by atoms with Gasteiger partial charge in [0.25, 0.3) is 0 Å². The Morgan fingerprint density at radius 3 is 0.778 bits per heavy atom. The fourth-order valence-electron chi connectivity index (χ4n) is 0. The Balaban J connectivity index is -0.0000000412. The molecule has 0 aliphatic rings. The second kappa shape index (κ2) is 30.5. The summed E-state index contributed by atoms with van der Waals surface area (Å²) in [7, 11) is 5.42. The maximum atomic E-state index is 6.94. The summed E-state index contributed by atoms with van der Waals surface area (Å²) in [6.07, 6.45) is 0. The molecule has 1 N–H and O–H groups in total. The molecule has 5 heteroatoms. The summed E-state index contributed by atoms with van der Waals surface area (Å²) >= 11 is 0. The Labute approximate surface area is 131 Å². The maximum Gasteiger partial charge on any atom is 4.00 e. The third kappa shape index (κ3) is 317.